The third-order valence-corrected chi connectivity index (χ3v) is 7.61. The fraction of sp³-hybridized carbons (Fsp3) is 0.348. The molecule has 2 heterocycles. The van der Waals surface area contributed by atoms with Crippen LogP contribution in [0.4, 0.5) is 0 Å². The second-order valence-corrected chi connectivity index (χ2v) is 10.2. The Labute approximate surface area is 181 Å². The maximum Gasteiger partial charge on any atom is 0.264 e. The van der Waals surface area contributed by atoms with Crippen LogP contribution in [0.15, 0.2) is 59.7 Å². The van der Waals surface area contributed by atoms with Crippen molar-refractivity contribution in [3.8, 4) is 11.3 Å². The molecule has 31 heavy (non-hydrogen) atoms. The Hall–Kier alpha value is -2.84. The first-order valence-electron chi connectivity index (χ1n) is 10.5. The van der Waals surface area contributed by atoms with Crippen molar-refractivity contribution in [3.63, 3.8) is 0 Å². The quantitative estimate of drug-likeness (QED) is 0.560. The van der Waals surface area contributed by atoms with Crippen molar-refractivity contribution in [1.29, 1.82) is 0 Å². The van der Waals surface area contributed by atoms with Crippen molar-refractivity contribution >= 4 is 9.84 Å². The summed E-state index contributed by atoms with van der Waals surface area (Å²) in [7, 11) is -3.36. The van der Waals surface area contributed by atoms with Crippen LogP contribution in [0.25, 0.3) is 11.3 Å². The molecule has 0 spiro atoms. The van der Waals surface area contributed by atoms with Gasteiger partial charge in [-0.2, -0.15) is 5.10 Å². The van der Waals surface area contributed by atoms with E-state index >= 15 is 0 Å². The molecule has 1 aromatic carbocycles. The molecule has 0 amide bonds. The largest absolute Gasteiger partial charge is 0.294 e. The normalized spacial score (nSPS) is 16.7. The first kappa shape index (κ1) is 21.4. The number of pyridine rings is 1. The van der Waals surface area contributed by atoms with Gasteiger partial charge in [0, 0.05) is 35.6 Å². The van der Waals surface area contributed by atoms with Crippen molar-refractivity contribution in [3.05, 3.63) is 81.9 Å². The highest BCUT2D eigenvalue weighted by atomic mass is 32.2. The molecule has 2 unspecified atom stereocenters. The minimum absolute atomic E-state index is 0.00963. The molecule has 8 heteroatoms. The number of aromatic amines is 1. The van der Waals surface area contributed by atoms with Crippen molar-refractivity contribution in [2.75, 3.05) is 5.75 Å². The molecule has 0 saturated heterocycles. The molecule has 2 aromatic heterocycles. The highest BCUT2D eigenvalue weighted by Crippen LogP contribution is 2.30. The summed E-state index contributed by atoms with van der Waals surface area (Å²) >= 11 is 0. The van der Waals surface area contributed by atoms with Crippen LogP contribution in [0.2, 0.25) is 0 Å². The average Bonchev–Trinajstić information content (AvgIpc) is 3.19. The molecule has 2 N–H and O–H groups in total. The molecular formula is C23H26N4O3S. The van der Waals surface area contributed by atoms with Gasteiger partial charge >= 0.3 is 0 Å². The molecule has 0 radical (unpaired) electrons. The Balaban J connectivity index is 1.55. The summed E-state index contributed by atoms with van der Waals surface area (Å²) in [5.41, 5.74) is 4.43. The van der Waals surface area contributed by atoms with Crippen LogP contribution in [0.3, 0.4) is 0 Å². The lowest BCUT2D eigenvalue weighted by atomic mass is 10.0. The number of nitrogens with zero attached hydrogens (tertiary/aromatic N) is 2. The van der Waals surface area contributed by atoms with Crippen molar-refractivity contribution < 1.29 is 8.42 Å². The van der Waals surface area contributed by atoms with E-state index in [1.54, 1.807) is 24.5 Å². The van der Waals surface area contributed by atoms with Gasteiger partial charge < -0.3 is 0 Å². The van der Waals surface area contributed by atoms with E-state index in [4.69, 9.17) is 0 Å². The van der Waals surface area contributed by atoms with Gasteiger partial charge in [0.2, 0.25) is 0 Å². The summed E-state index contributed by atoms with van der Waals surface area (Å²) < 4.78 is 26.2. The van der Waals surface area contributed by atoms with E-state index in [-0.39, 0.29) is 17.4 Å². The Morgan fingerprint density at radius 2 is 2.00 bits per heavy atom. The second-order valence-electron chi connectivity index (χ2n) is 7.95. The zero-order valence-corrected chi connectivity index (χ0v) is 18.2. The summed E-state index contributed by atoms with van der Waals surface area (Å²) in [6, 6.07) is 12.9. The lowest BCUT2D eigenvalue weighted by Gasteiger charge is -2.23. The monoisotopic (exact) mass is 438 g/mol. The maximum atomic E-state index is 13.1. The zero-order chi connectivity index (χ0) is 21.8. The number of fused-ring (bicyclic) bond motifs is 1. The van der Waals surface area contributed by atoms with Crippen molar-refractivity contribution in [2.24, 2.45) is 0 Å². The average molecular weight is 439 g/mol. The van der Waals surface area contributed by atoms with Gasteiger partial charge in [0.1, 0.15) is 5.37 Å². The number of rotatable bonds is 8. The standard InChI is InChI=1S/C23H26N4O3S/c1-2-3-11-31(29,30)23(18-5-4-10-24-15-18)25-20-13-16-6-7-17(12-19(16)14-20)21-8-9-22(28)27-26-21/h4-10,12,15,20,23,25H,2-3,11,13-14H2,1H3,(H,27,28). The van der Waals surface area contributed by atoms with Crippen LogP contribution in [0.5, 0.6) is 0 Å². The van der Waals surface area contributed by atoms with Crippen LogP contribution < -0.4 is 10.9 Å². The molecule has 4 rings (SSSR count). The van der Waals surface area contributed by atoms with Gasteiger partial charge in [-0.1, -0.05) is 31.5 Å². The third-order valence-electron chi connectivity index (χ3n) is 5.63. The lowest BCUT2D eigenvalue weighted by Crippen LogP contribution is -2.38. The molecular weight excluding hydrogens is 412 g/mol. The molecule has 1 aliphatic carbocycles. The minimum atomic E-state index is -3.36. The number of hydrogen-bond acceptors (Lipinski definition) is 6. The predicted octanol–water partition coefficient (Wildman–Crippen LogP) is 2.80. The van der Waals surface area contributed by atoms with Gasteiger partial charge in [-0.05, 0) is 48.6 Å². The lowest BCUT2D eigenvalue weighted by molar-refractivity contribution is 0.491. The topological polar surface area (TPSA) is 105 Å². The van der Waals surface area contributed by atoms with E-state index in [1.807, 2.05) is 19.1 Å². The minimum Gasteiger partial charge on any atom is -0.294 e. The Morgan fingerprint density at radius 3 is 2.71 bits per heavy atom. The van der Waals surface area contributed by atoms with E-state index in [9.17, 15) is 13.2 Å². The number of sulfone groups is 1. The van der Waals surface area contributed by atoms with E-state index in [1.165, 1.54) is 17.2 Å². The number of unbranched alkanes of at least 4 members (excludes halogenated alkanes) is 1. The molecule has 0 fully saturated rings. The summed E-state index contributed by atoms with van der Waals surface area (Å²) in [6.07, 6.45) is 6.23. The summed E-state index contributed by atoms with van der Waals surface area (Å²) in [4.78, 5) is 15.4. The van der Waals surface area contributed by atoms with Crippen LogP contribution in [0.1, 0.15) is 41.8 Å². The summed E-state index contributed by atoms with van der Waals surface area (Å²) in [5.74, 6) is 0.151. The number of H-pyrrole nitrogens is 1. The number of hydrogen-bond donors (Lipinski definition) is 2. The van der Waals surface area contributed by atoms with Gasteiger partial charge in [-0.15, -0.1) is 0 Å². The number of nitrogens with one attached hydrogen (secondary N) is 2. The van der Waals surface area contributed by atoms with Crippen LogP contribution in [-0.2, 0) is 22.7 Å². The first-order valence-corrected chi connectivity index (χ1v) is 12.2. The van der Waals surface area contributed by atoms with Gasteiger partial charge in [0.05, 0.1) is 11.4 Å². The molecule has 3 aromatic rings. The fourth-order valence-electron chi connectivity index (χ4n) is 4.02. The van der Waals surface area contributed by atoms with Crippen LogP contribution >= 0.6 is 0 Å². The Kier molecular flexibility index (Phi) is 6.29. The Morgan fingerprint density at radius 1 is 1.16 bits per heavy atom. The SMILES string of the molecule is CCCCS(=O)(=O)C(NC1Cc2ccc(-c3ccc(=O)[nH]n3)cc2C1)c1cccnc1. The molecule has 7 nitrogen and oxygen atoms in total. The Bertz CT molecular complexity index is 1190. The molecule has 0 bridgehead atoms. The molecule has 0 saturated carbocycles. The summed E-state index contributed by atoms with van der Waals surface area (Å²) in [5, 5.41) is 9.20. The number of benzene rings is 1. The number of aromatic nitrogens is 3. The fourth-order valence-corrected chi connectivity index (χ4v) is 5.90. The van der Waals surface area contributed by atoms with E-state index in [0.717, 1.165) is 24.8 Å². The molecule has 2 atom stereocenters. The third kappa shape index (κ3) is 4.91. The van der Waals surface area contributed by atoms with E-state index < -0.39 is 15.2 Å². The molecule has 1 aliphatic rings. The van der Waals surface area contributed by atoms with E-state index in [2.05, 4.69) is 32.6 Å². The van der Waals surface area contributed by atoms with Crippen LogP contribution in [-0.4, -0.2) is 35.4 Å². The van der Waals surface area contributed by atoms with Gasteiger partial charge in [-0.3, -0.25) is 15.1 Å². The van der Waals surface area contributed by atoms with Gasteiger partial charge in [0.15, 0.2) is 9.84 Å². The maximum absolute atomic E-state index is 13.1. The highest BCUT2D eigenvalue weighted by molar-refractivity contribution is 7.91. The van der Waals surface area contributed by atoms with Crippen molar-refractivity contribution in [2.45, 2.75) is 44.0 Å². The van der Waals surface area contributed by atoms with Crippen LogP contribution in [0, 0.1) is 0 Å². The first-order chi connectivity index (χ1) is 15.0. The van der Waals surface area contributed by atoms with Gasteiger partial charge in [0.25, 0.3) is 5.56 Å². The van der Waals surface area contributed by atoms with E-state index in [0.29, 0.717) is 17.7 Å². The van der Waals surface area contributed by atoms with Gasteiger partial charge in [-0.25, -0.2) is 13.5 Å². The molecule has 0 aliphatic heterocycles. The second kappa shape index (κ2) is 9.11. The highest BCUT2D eigenvalue weighted by Gasteiger charge is 2.32. The summed E-state index contributed by atoms with van der Waals surface area (Å²) in [6.45, 7) is 1.99. The zero-order valence-electron chi connectivity index (χ0n) is 17.4. The smallest absolute Gasteiger partial charge is 0.264 e. The molecule has 162 valence electrons. The predicted molar refractivity (Wildman–Crippen MR) is 120 cm³/mol. The van der Waals surface area contributed by atoms with Crippen molar-refractivity contribution in [1.82, 2.24) is 20.5 Å².